The number of benzene rings is 1. The van der Waals surface area contributed by atoms with E-state index in [2.05, 4.69) is 10.1 Å². The Morgan fingerprint density at radius 2 is 1.87 bits per heavy atom. The Kier molecular flexibility index (Phi) is 4.63. The molecule has 0 unspecified atom stereocenters. The molecule has 1 aromatic rings. The Bertz CT molecular complexity index is 340. The third kappa shape index (κ3) is 4.46. The summed E-state index contributed by atoms with van der Waals surface area (Å²) >= 11 is 5.17. The summed E-state index contributed by atoms with van der Waals surface area (Å²) in [5, 5.41) is 2.80. The highest BCUT2D eigenvalue weighted by Crippen LogP contribution is 2.03. The lowest BCUT2D eigenvalue weighted by Gasteiger charge is -2.04. The Morgan fingerprint density at radius 1 is 1.20 bits per heavy atom. The van der Waals surface area contributed by atoms with Crippen molar-refractivity contribution in [1.29, 1.82) is 0 Å². The number of carbonyl (C=O) groups is 2. The van der Waals surface area contributed by atoms with Crippen LogP contribution in [0.1, 0.15) is 0 Å². The lowest BCUT2D eigenvalue weighted by Crippen LogP contribution is -2.21. The molecule has 1 N–H and O–H groups in total. The molecule has 0 aliphatic carbocycles. The number of para-hydroxylation sites is 1. The molecule has 0 saturated carbocycles. The minimum absolute atomic E-state index is 0.0629. The van der Waals surface area contributed by atoms with Crippen LogP contribution in [0.5, 0.6) is 0 Å². The molecule has 0 saturated heterocycles. The van der Waals surface area contributed by atoms with Crippen molar-refractivity contribution in [2.75, 3.05) is 17.7 Å². The average Bonchev–Trinajstić information content (AvgIpc) is 2.27. The summed E-state index contributed by atoms with van der Waals surface area (Å²) in [6, 6.07) is 9.13. The highest BCUT2D eigenvalue weighted by atomic mass is 35.5. The predicted molar refractivity (Wildman–Crippen MR) is 56.8 cm³/mol. The van der Waals surface area contributed by atoms with Crippen molar-refractivity contribution in [2.24, 2.45) is 0 Å². The predicted octanol–water partition coefficient (Wildman–Crippen LogP) is 1.41. The molecule has 0 aliphatic rings. The molecule has 0 heterocycles. The number of rotatable bonds is 4. The Labute approximate surface area is 92.2 Å². The molecule has 80 valence electrons. The van der Waals surface area contributed by atoms with E-state index >= 15 is 0 Å². The van der Waals surface area contributed by atoms with Gasteiger partial charge in [-0.15, -0.1) is 11.6 Å². The molecule has 0 bridgehead atoms. The van der Waals surface area contributed by atoms with Gasteiger partial charge >= 0.3 is 11.9 Å². The van der Waals surface area contributed by atoms with Gasteiger partial charge in [-0.05, 0) is 12.1 Å². The van der Waals surface area contributed by atoms with Gasteiger partial charge in [-0.1, -0.05) is 18.2 Å². The first kappa shape index (κ1) is 11.5. The molecule has 0 radical (unpaired) electrons. The first-order valence-electron chi connectivity index (χ1n) is 4.31. The van der Waals surface area contributed by atoms with Gasteiger partial charge in [-0.2, -0.15) is 0 Å². The van der Waals surface area contributed by atoms with Crippen LogP contribution in [0.3, 0.4) is 0 Å². The molecule has 0 spiro atoms. The van der Waals surface area contributed by atoms with Crippen LogP contribution in [0.2, 0.25) is 0 Å². The summed E-state index contributed by atoms with van der Waals surface area (Å²) in [7, 11) is 0. The Balaban J connectivity index is 2.32. The molecule has 0 aromatic heterocycles. The van der Waals surface area contributed by atoms with Gasteiger partial charge in [0, 0.05) is 5.69 Å². The van der Waals surface area contributed by atoms with Gasteiger partial charge in [0.05, 0.1) is 0 Å². The standard InChI is InChI=1S/C10H10ClNO3/c11-6-9(13)15-10(14)7-12-8-4-2-1-3-5-8/h1-5,12H,6-7H2. The van der Waals surface area contributed by atoms with Crippen LogP contribution in [0.4, 0.5) is 5.69 Å². The first-order chi connectivity index (χ1) is 7.22. The minimum atomic E-state index is -0.739. The van der Waals surface area contributed by atoms with Crippen LogP contribution in [-0.2, 0) is 14.3 Å². The summed E-state index contributed by atoms with van der Waals surface area (Å²) in [5.74, 6) is -1.71. The van der Waals surface area contributed by atoms with Gasteiger partial charge in [-0.3, -0.25) is 4.79 Å². The van der Waals surface area contributed by atoms with Gasteiger partial charge in [0.25, 0.3) is 0 Å². The molecule has 4 nitrogen and oxygen atoms in total. The summed E-state index contributed by atoms with van der Waals surface area (Å²) in [4.78, 5) is 21.7. The largest absolute Gasteiger partial charge is 0.391 e. The summed E-state index contributed by atoms with van der Waals surface area (Å²) in [6.07, 6.45) is 0. The van der Waals surface area contributed by atoms with E-state index in [4.69, 9.17) is 11.6 Å². The molecule has 1 rings (SSSR count). The Morgan fingerprint density at radius 3 is 2.47 bits per heavy atom. The maximum Gasteiger partial charge on any atom is 0.332 e. The minimum Gasteiger partial charge on any atom is -0.391 e. The number of alkyl halides is 1. The second kappa shape index (κ2) is 6.03. The van der Waals surface area contributed by atoms with Crippen molar-refractivity contribution in [3.63, 3.8) is 0 Å². The van der Waals surface area contributed by atoms with Crippen molar-refractivity contribution in [3.8, 4) is 0 Å². The van der Waals surface area contributed by atoms with Crippen molar-refractivity contribution in [1.82, 2.24) is 0 Å². The second-order valence-corrected chi connectivity index (χ2v) is 2.97. The van der Waals surface area contributed by atoms with Crippen LogP contribution in [0, 0.1) is 0 Å². The molecular formula is C10H10ClNO3. The number of anilines is 1. The lowest BCUT2D eigenvalue weighted by atomic mass is 10.3. The van der Waals surface area contributed by atoms with E-state index in [9.17, 15) is 9.59 Å². The summed E-state index contributed by atoms with van der Waals surface area (Å²) < 4.78 is 4.35. The summed E-state index contributed by atoms with van der Waals surface area (Å²) in [5.41, 5.74) is 0.785. The number of ether oxygens (including phenoxy) is 1. The molecule has 0 atom stereocenters. The zero-order valence-corrected chi connectivity index (χ0v) is 8.66. The molecule has 1 aromatic carbocycles. The number of hydrogen-bond donors (Lipinski definition) is 1. The van der Waals surface area contributed by atoms with Gasteiger partial charge in [0.1, 0.15) is 12.4 Å². The van der Waals surface area contributed by atoms with Gasteiger partial charge < -0.3 is 10.1 Å². The summed E-state index contributed by atoms with van der Waals surface area (Å²) in [6.45, 7) is -0.0629. The van der Waals surface area contributed by atoms with E-state index in [0.29, 0.717) is 0 Å². The van der Waals surface area contributed by atoms with E-state index in [1.807, 2.05) is 18.2 Å². The highest BCUT2D eigenvalue weighted by Gasteiger charge is 2.08. The van der Waals surface area contributed by atoms with E-state index in [1.54, 1.807) is 12.1 Å². The van der Waals surface area contributed by atoms with E-state index in [1.165, 1.54) is 0 Å². The third-order valence-electron chi connectivity index (χ3n) is 1.55. The fourth-order valence-electron chi connectivity index (χ4n) is 0.921. The number of esters is 2. The monoisotopic (exact) mass is 227 g/mol. The van der Waals surface area contributed by atoms with Crippen LogP contribution < -0.4 is 5.32 Å². The molecule has 15 heavy (non-hydrogen) atoms. The Hall–Kier alpha value is -1.55. The average molecular weight is 228 g/mol. The van der Waals surface area contributed by atoms with Crippen molar-refractivity contribution >= 4 is 29.2 Å². The number of carbonyl (C=O) groups excluding carboxylic acids is 2. The second-order valence-electron chi connectivity index (χ2n) is 2.70. The number of nitrogens with one attached hydrogen (secondary N) is 1. The fourth-order valence-corrected chi connectivity index (χ4v) is 0.975. The number of hydrogen-bond acceptors (Lipinski definition) is 4. The topological polar surface area (TPSA) is 55.4 Å². The van der Waals surface area contributed by atoms with Gasteiger partial charge in [0.2, 0.25) is 0 Å². The smallest absolute Gasteiger partial charge is 0.332 e. The van der Waals surface area contributed by atoms with Crippen molar-refractivity contribution in [2.45, 2.75) is 0 Å². The molecule has 5 heteroatoms. The van der Waals surface area contributed by atoms with Gasteiger partial charge in [-0.25, -0.2) is 4.79 Å². The zero-order chi connectivity index (χ0) is 11.1. The fraction of sp³-hybridized carbons (Fsp3) is 0.200. The SMILES string of the molecule is O=C(CCl)OC(=O)CNc1ccccc1. The van der Waals surface area contributed by atoms with Crippen molar-refractivity contribution < 1.29 is 14.3 Å². The maximum absolute atomic E-state index is 11.0. The highest BCUT2D eigenvalue weighted by molar-refractivity contribution is 6.27. The molecule has 0 amide bonds. The lowest BCUT2D eigenvalue weighted by molar-refractivity contribution is -0.156. The van der Waals surface area contributed by atoms with E-state index in [0.717, 1.165) is 5.69 Å². The van der Waals surface area contributed by atoms with E-state index in [-0.39, 0.29) is 12.4 Å². The van der Waals surface area contributed by atoms with Crippen molar-refractivity contribution in [3.05, 3.63) is 30.3 Å². The quantitative estimate of drug-likeness (QED) is 0.480. The molecule has 0 aliphatic heterocycles. The maximum atomic E-state index is 11.0. The zero-order valence-electron chi connectivity index (χ0n) is 7.90. The normalized spacial score (nSPS) is 9.40. The first-order valence-corrected chi connectivity index (χ1v) is 4.84. The van der Waals surface area contributed by atoms with Crippen LogP contribution in [0.15, 0.2) is 30.3 Å². The van der Waals surface area contributed by atoms with Crippen LogP contribution >= 0.6 is 11.6 Å². The molecule has 0 fully saturated rings. The number of halogens is 1. The van der Waals surface area contributed by atoms with Crippen LogP contribution in [0.25, 0.3) is 0 Å². The van der Waals surface area contributed by atoms with Gasteiger partial charge in [0.15, 0.2) is 0 Å². The van der Waals surface area contributed by atoms with E-state index < -0.39 is 11.9 Å². The third-order valence-corrected chi connectivity index (χ3v) is 1.77. The molecular weight excluding hydrogens is 218 g/mol. The van der Waals surface area contributed by atoms with Crippen LogP contribution in [-0.4, -0.2) is 24.4 Å².